The van der Waals surface area contributed by atoms with Gasteiger partial charge in [0.25, 0.3) is 0 Å². The number of piperidine rings is 1. The third kappa shape index (κ3) is 3.82. The molecule has 0 bridgehead atoms. The normalized spacial score (nSPS) is 16.9. The molecule has 4 heteroatoms. The van der Waals surface area contributed by atoms with E-state index in [1.54, 1.807) is 0 Å². The van der Waals surface area contributed by atoms with Crippen LogP contribution in [-0.4, -0.2) is 29.6 Å². The molecule has 1 N–H and O–H groups in total. The van der Waals surface area contributed by atoms with Crippen LogP contribution in [0.15, 0.2) is 12.3 Å². The molecule has 0 saturated carbocycles. The summed E-state index contributed by atoms with van der Waals surface area (Å²) < 4.78 is 0. The standard InChI is InChI=1S/C15H26N4/c1-4-8-16-15-17-9-5-14(18-15)19-10-6-13(7-11-19)12(2)3/h5,9,12-13H,4,6-8,10-11H2,1-3H3,(H,16,17,18). The fraction of sp³-hybridized carbons (Fsp3) is 0.733. The number of hydrogen-bond acceptors (Lipinski definition) is 4. The van der Waals surface area contributed by atoms with Gasteiger partial charge in [-0.25, -0.2) is 4.98 Å². The van der Waals surface area contributed by atoms with Crippen molar-refractivity contribution >= 4 is 11.8 Å². The van der Waals surface area contributed by atoms with E-state index in [1.165, 1.54) is 12.8 Å². The zero-order valence-electron chi connectivity index (χ0n) is 12.4. The molecule has 1 fully saturated rings. The molecule has 0 amide bonds. The zero-order chi connectivity index (χ0) is 13.7. The highest BCUT2D eigenvalue weighted by atomic mass is 15.2. The van der Waals surface area contributed by atoms with E-state index in [0.717, 1.165) is 49.7 Å². The van der Waals surface area contributed by atoms with Gasteiger partial charge in [0.2, 0.25) is 5.95 Å². The summed E-state index contributed by atoms with van der Waals surface area (Å²) in [6, 6.07) is 2.02. The van der Waals surface area contributed by atoms with Crippen molar-refractivity contribution in [3.8, 4) is 0 Å². The molecule has 2 rings (SSSR count). The Hall–Kier alpha value is -1.32. The maximum absolute atomic E-state index is 4.61. The van der Waals surface area contributed by atoms with Gasteiger partial charge in [-0.05, 0) is 37.2 Å². The van der Waals surface area contributed by atoms with Crippen molar-refractivity contribution in [2.45, 2.75) is 40.0 Å². The molecule has 1 saturated heterocycles. The summed E-state index contributed by atoms with van der Waals surface area (Å²) in [7, 11) is 0. The Morgan fingerprint density at radius 1 is 1.37 bits per heavy atom. The lowest BCUT2D eigenvalue weighted by Gasteiger charge is -2.34. The Morgan fingerprint density at radius 3 is 2.74 bits per heavy atom. The van der Waals surface area contributed by atoms with Gasteiger partial charge >= 0.3 is 0 Å². The fourth-order valence-electron chi connectivity index (χ4n) is 2.64. The summed E-state index contributed by atoms with van der Waals surface area (Å²) in [4.78, 5) is 11.3. The summed E-state index contributed by atoms with van der Waals surface area (Å²) in [5.74, 6) is 3.49. The van der Waals surface area contributed by atoms with E-state index in [1.807, 2.05) is 12.3 Å². The largest absolute Gasteiger partial charge is 0.356 e. The van der Waals surface area contributed by atoms with Gasteiger partial charge in [-0.3, -0.25) is 0 Å². The first kappa shape index (κ1) is 14.1. The summed E-state index contributed by atoms with van der Waals surface area (Å²) in [6.45, 7) is 9.97. The van der Waals surface area contributed by atoms with E-state index in [9.17, 15) is 0 Å². The van der Waals surface area contributed by atoms with Crippen molar-refractivity contribution in [1.29, 1.82) is 0 Å². The Kier molecular flexibility index (Phi) is 5.00. The van der Waals surface area contributed by atoms with Crippen LogP contribution in [0.1, 0.15) is 40.0 Å². The highest BCUT2D eigenvalue weighted by Crippen LogP contribution is 2.26. The van der Waals surface area contributed by atoms with Crippen molar-refractivity contribution in [2.24, 2.45) is 11.8 Å². The molecule has 19 heavy (non-hydrogen) atoms. The summed E-state index contributed by atoms with van der Waals surface area (Å²) in [5.41, 5.74) is 0. The average Bonchev–Trinajstić information content (AvgIpc) is 2.45. The SMILES string of the molecule is CCCNc1nccc(N2CCC(C(C)C)CC2)n1. The minimum absolute atomic E-state index is 0.755. The van der Waals surface area contributed by atoms with Crippen molar-refractivity contribution in [3.05, 3.63) is 12.3 Å². The maximum Gasteiger partial charge on any atom is 0.224 e. The smallest absolute Gasteiger partial charge is 0.224 e. The van der Waals surface area contributed by atoms with Crippen LogP contribution in [-0.2, 0) is 0 Å². The number of anilines is 2. The predicted molar refractivity (Wildman–Crippen MR) is 80.6 cm³/mol. The fourth-order valence-corrected chi connectivity index (χ4v) is 2.64. The average molecular weight is 262 g/mol. The van der Waals surface area contributed by atoms with Crippen molar-refractivity contribution in [3.63, 3.8) is 0 Å². The number of nitrogens with one attached hydrogen (secondary N) is 1. The van der Waals surface area contributed by atoms with E-state index >= 15 is 0 Å². The van der Waals surface area contributed by atoms with Crippen LogP contribution in [0.3, 0.4) is 0 Å². The third-order valence-corrected chi connectivity index (χ3v) is 3.98. The second-order valence-electron chi connectivity index (χ2n) is 5.73. The monoisotopic (exact) mass is 262 g/mol. The molecule has 1 aromatic rings. The highest BCUT2D eigenvalue weighted by molar-refractivity contribution is 5.42. The molecule has 0 unspecified atom stereocenters. The van der Waals surface area contributed by atoms with E-state index in [2.05, 4.69) is 41.0 Å². The van der Waals surface area contributed by atoms with Gasteiger partial charge in [0.05, 0.1) is 0 Å². The molecule has 1 aliphatic rings. The van der Waals surface area contributed by atoms with Crippen LogP contribution in [0.4, 0.5) is 11.8 Å². The van der Waals surface area contributed by atoms with E-state index in [0.29, 0.717) is 0 Å². The molecule has 0 radical (unpaired) electrons. The molecular weight excluding hydrogens is 236 g/mol. The lowest BCUT2D eigenvalue weighted by molar-refractivity contribution is 0.310. The second kappa shape index (κ2) is 6.73. The van der Waals surface area contributed by atoms with Crippen LogP contribution in [0.2, 0.25) is 0 Å². The number of rotatable bonds is 5. The Labute approximate surface area is 116 Å². The second-order valence-corrected chi connectivity index (χ2v) is 5.73. The first-order valence-electron chi connectivity index (χ1n) is 7.52. The number of hydrogen-bond donors (Lipinski definition) is 1. The van der Waals surface area contributed by atoms with Gasteiger partial charge in [0.15, 0.2) is 0 Å². The molecule has 1 aliphatic heterocycles. The van der Waals surface area contributed by atoms with Gasteiger partial charge in [-0.2, -0.15) is 4.98 Å². The third-order valence-electron chi connectivity index (χ3n) is 3.98. The van der Waals surface area contributed by atoms with Crippen molar-refractivity contribution in [2.75, 3.05) is 29.9 Å². The van der Waals surface area contributed by atoms with Crippen LogP contribution < -0.4 is 10.2 Å². The summed E-state index contributed by atoms with van der Waals surface area (Å²) in [5, 5.41) is 3.25. The zero-order valence-corrected chi connectivity index (χ0v) is 12.4. The molecular formula is C15H26N4. The molecule has 0 atom stereocenters. The Bertz CT molecular complexity index is 383. The van der Waals surface area contributed by atoms with Crippen LogP contribution >= 0.6 is 0 Å². The highest BCUT2D eigenvalue weighted by Gasteiger charge is 2.22. The lowest BCUT2D eigenvalue weighted by atomic mass is 9.87. The maximum atomic E-state index is 4.61. The van der Waals surface area contributed by atoms with E-state index in [4.69, 9.17) is 0 Å². The van der Waals surface area contributed by atoms with Gasteiger partial charge in [-0.1, -0.05) is 20.8 Å². The molecule has 4 nitrogen and oxygen atoms in total. The van der Waals surface area contributed by atoms with Crippen LogP contribution in [0, 0.1) is 11.8 Å². The Morgan fingerprint density at radius 2 is 2.11 bits per heavy atom. The van der Waals surface area contributed by atoms with Gasteiger partial charge < -0.3 is 10.2 Å². The molecule has 0 aromatic carbocycles. The summed E-state index contributed by atoms with van der Waals surface area (Å²) >= 11 is 0. The predicted octanol–water partition coefficient (Wildman–Crippen LogP) is 3.17. The minimum atomic E-state index is 0.755. The van der Waals surface area contributed by atoms with Gasteiger partial charge in [0, 0.05) is 25.8 Å². The van der Waals surface area contributed by atoms with E-state index in [-0.39, 0.29) is 0 Å². The van der Waals surface area contributed by atoms with Crippen molar-refractivity contribution in [1.82, 2.24) is 9.97 Å². The first-order chi connectivity index (χ1) is 9.20. The topological polar surface area (TPSA) is 41.1 Å². The minimum Gasteiger partial charge on any atom is -0.356 e. The van der Waals surface area contributed by atoms with Gasteiger partial charge in [-0.15, -0.1) is 0 Å². The van der Waals surface area contributed by atoms with Gasteiger partial charge in [0.1, 0.15) is 5.82 Å². The molecule has 106 valence electrons. The molecule has 0 spiro atoms. The quantitative estimate of drug-likeness (QED) is 0.885. The van der Waals surface area contributed by atoms with Crippen LogP contribution in [0.25, 0.3) is 0 Å². The van der Waals surface area contributed by atoms with Crippen LogP contribution in [0.5, 0.6) is 0 Å². The van der Waals surface area contributed by atoms with Crippen molar-refractivity contribution < 1.29 is 0 Å². The number of aromatic nitrogens is 2. The molecule has 2 heterocycles. The Balaban J connectivity index is 1.95. The first-order valence-corrected chi connectivity index (χ1v) is 7.52. The number of nitrogens with zero attached hydrogens (tertiary/aromatic N) is 3. The summed E-state index contributed by atoms with van der Waals surface area (Å²) in [6.07, 6.45) is 5.50. The molecule has 1 aromatic heterocycles. The molecule has 0 aliphatic carbocycles. The lowest BCUT2D eigenvalue weighted by Crippen LogP contribution is -2.35. The van der Waals surface area contributed by atoms with E-state index < -0.39 is 0 Å².